The summed E-state index contributed by atoms with van der Waals surface area (Å²) >= 11 is 0. The Bertz CT molecular complexity index is 1010. The first-order valence-electron chi connectivity index (χ1n) is 13.2. The molecule has 2 saturated heterocycles. The van der Waals surface area contributed by atoms with Gasteiger partial charge in [0.15, 0.2) is 0 Å². The van der Waals surface area contributed by atoms with Crippen LogP contribution in [0.5, 0.6) is 5.75 Å². The summed E-state index contributed by atoms with van der Waals surface area (Å²) < 4.78 is 6.71. The smallest absolute Gasteiger partial charge is 0.268 e. The predicted octanol–water partition coefficient (Wildman–Crippen LogP) is 5.50. The van der Waals surface area contributed by atoms with Gasteiger partial charge in [-0.25, -0.2) is 0 Å². The third kappa shape index (κ3) is 5.10. The van der Waals surface area contributed by atoms with Crippen molar-refractivity contribution in [3.05, 3.63) is 65.7 Å². The van der Waals surface area contributed by atoms with Crippen molar-refractivity contribution in [3.8, 4) is 5.75 Å². The maximum Gasteiger partial charge on any atom is 0.268 e. The van der Waals surface area contributed by atoms with E-state index in [1.165, 1.54) is 5.56 Å². The van der Waals surface area contributed by atoms with Crippen molar-refractivity contribution in [2.24, 2.45) is 0 Å². The maximum atomic E-state index is 14.4. The summed E-state index contributed by atoms with van der Waals surface area (Å²) in [4.78, 5) is 31.0. The minimum absolute atomic E-state index is 0.0168. The molecule has 0 N–H and O–H groups in total. The van der Waals surface area contributed by atoms with Gasteiger partial charge in [-0.05, 0) is 55.7 Å². The third-order valence-electron chi connectivity index (χ3n) is 8.14. The zero-order valence-corrected chi connectivity index (χ0v) is 21.8. The number of rotatable bonds is 6. The molecule has 2 heterocycles. The van der Waals surface area contributed by atoms with Crippen LogP contribution < -0.4 is 4.74 Å². The van der Waals surface area contributed by atoms with Crippen molar-refractivity contribution in [2.75, 3.05) is 19.6 Å². The number of hydrogen-bond donors (Lipinski definition) is 0. The van der Waals surface area contributed by atoms with Crippen LogP contribution in [0.4, 0.5) is 0 Å². The Balaban J connectivity index is 1.65. The van der Waals surface area contributed by atoms with Gasteiger partial charge in [-0.2, -0.15) is 0 Å². The second kappa shape index (κ2) is 10.4. The number of carbonyl (C=O) groups excluding carboxylic acids is 2. The molecular formula is C30H40N2O3. The van der Waals surface area contributed by atoms with Crippen LogP contribution in [0.1, 0.15) is 70.4 Å². The van der Waals surface area contributed by atoms with E-state index < -0.39 is 5.60 Å². The zero-order chi connectivity index (χ0) is 25.1. The normalized spacial score (nSPS) is 24.2. The number of carbonyl (C=O) groups is 2. The van der Waals surface area contributed by atoms with Crippen LogP contribution in [0.15, 0.2) is 54.6 Å². The lowest BCUT2D eigenvalue weighted by atomic mass is 9.73. The number of amides is 2. The van der Waals surface area contributed by atoms with Crippen LogP contribution in [-0.4, -0.2) is 52.9 Å². The third-order valence-corrected chi connectivity index (χ3v) is 8.14. The monoisotopic (exact) mass is 476 g/mol. The topological polar surface area (TPSA) is 49.9 Å². The van der Waals surface area contributed by atoms with E-state index in [0.29, 0.717) is 31.8 Å². The van der Waals surface area contributed by atoms with E-state index in [2.05, 4.69) is 44.2 Å². The number of ether oxygens (including phenoxy) is 1. The lowest BCUT2D eigenvalue weighted by Gasteiger charge is -2.51. The number of aryl methyl sites for hydroxylation is 1. The van der Waals surface area contributed by atoms with Crippen LogP contribution in [0.2, 0.25) is 0 Å². The molecule has 0 unspecified atom stereocenters. The Morgan fingerprint density at radius 2 is 1.63 bits per heavy atom. The van der Waals surface area contributed by atoms with E-state index >= 15 is 0 Å². The van der Waals surface area contributed by atoms with Crippen LogP contribution in [-0.2, 0) is 15.0 Å². The largest absolute Gasteiger partial charge is 0.475 e. The molecule has 2 aliphatic heterocycles. The Morgan fingerprint density at radius 3 is 2.23 bits per heavy atom. The molecule has 0 aliphatic carbocycles. The van der Waals surface area contributed by atoms with Crippen LogP contribution >= 0.6 is 0 Å². The fourth-order valence-electron chi connectivity index (χ4n) is 5.95. The SMILES string of the molecule is CCC[C@H]1N(C(C)=O)CCC[C@@]1(Oc1ccc(C)cc1)C(=O)N1CCC(C)(c2ccccc2)CC1. The van der Waals surface area contributed by atoms with Gasteiger partial charge in [0.1, 0.15) is 5.75 Å². The summed E-state index contributed by atoms with van der Waals surface area (Å²) in [6.07, 6.45) is 4.84. The standard InChI is InChI=1S/C30H40N2O3/c1-5-10-27-30(17-9-20-32(27)24(3)33,35-26-15-13-23(2)14-16-26)28(34)31-21-18-29(4,19-22-31)25-11-7-6-8-12-25/h6-8,11-16,27H,5,9-10,17-22H2,1-4H3/t27-,30+/m1/s1. The predicted molar refractivity (Wildman–Crippen MR) is 139 cm³/mol. The van der Waals surface area contributed by atoms with E-state index in [9.17, 15) is 9.59 Å². The van der Waals surface area contributed by atoms with E-state index in [-0.39, 0.29) is 23.3 Å². The molecule has 2 aliphatic rings. The highest BCUT2D eigenvalue weighted by Crippen LogP contribution is 2.40. The minimum atomic E-state index is -1.06. The van der Waals surface area contributed by atoms with Gasteiger partial charge >= 0.3 is 0 Å². The van der Waals surface area contributed by atoms with Crippen molar-refractivity contribution in [1.82, 2.24) is 9.80 Å². The lowest BCUT2D eigenvalue weighted by molar-refractivity contribution is -0.166. The molecule has 2 amide bonds. The molecule has 5 heteroatoms. The highest BCUT2D eigenvalue weighted by Gasteiger charge is 2.55. The molecule has 2 fully saturated rings. The molecule has 0 bridgehead atoms. The molecule has 0 aromatic heterocycles. The average molecular weight is 477 g/mol. The molecule has 2 atom stereocenters. The van der Waals surface area contributed by atoms with Crippen LogP contribution in [0.25, 0.3) is 0 Å². The highest BCUT2D eigenvalue weighted by molar-refractivity contribution is 5.88. The van der Waals surface area contributed by atoms with Gasteiger partial charge in [0.25, 0.3) is 5.91 Å². The van der Waals surface area contributed by atoms with E-state index in [1.807, 2.05) is 41.0 Å². The zero-order valence-electron chi connectivity index (χ0n) is 21.8. The second-order valence-corrected chi connectivity index (χ2v) is 10.6. The molecular weight excluding hydrogens is 436 g/mol. The number of likely N-dealkylation sites (tertiary alicyclic amines) is 2. The summed E-state index contributed by atoms with van der Waals surface area (Å²) in [6.45, 7) is 10.1. The molecule has 0 spiro atoms. The average Bonchev–Trinajstić information content (AvgIpc) is 2.87. The molecule has 2 aromatic rings. The van der Waals surface area contributed by atoms with Crippen molar-refractivity contribution in [3.63, 3.8) is 0 Å². The van der Waals surface area contributed by atoms with E-state index in [4.69, 9.17) is 4.74 Å². The summed E-state index contributed by atoms with van der Waals surface area (Å²) in [6, 6.07) is 18.3. The first-order valence-corrected chi connectivity index (χ1v) is 13.2. The van der Waals surface area contributed by atoms with Gasteiger partial charge in [0.05, 0.1) is 6.04 Å². The fraction of sp³-hybridized carbons (Fsp3) is 0.533. The molecule has 2 aromatic carbocycles. The fourth-order valence-corrected chi connectivity index (χ4v) is 5.95. The first-order chi connectivity index (χ1) is 16.8. The summed E-state index contributed by atoms with van der Waals surface area (Å²) in [7, 11) is 0. The summed E-state index contributed by atoms with van der Waals surface area (Å²) in [5.41, 5.74) is 1.48. The first kappa shape index (κ1) is 25.3. The Morgan fingerprint density at radius 1 is 0.971 bits per heavy atom. The number of hydrogen-bond acceptors (Lipinski definition) is 3. The molecule has 4 rings (SSSR count). The molecule has 5 nitrogen and oxygen atoms in total. The molecule has 35 heavy (non-hydrogen) atoms. The number of piperidine rings is 2. The van der Waals surface area contributed by atoms with E-state index in [0.717, 1.165) is 37.7 Å². The van der Waals surface area contributed by atoms with Crippen molar-refractivity contribution in [1.29, 1.82) is 0 Å². The van der Waals surface area contributed by atoms with Gasteiger partial charge in [-0.15, -0.1) is 0 Å². The molecule has 0 radical (unpaired) electrons. The highest BCUT2D eigenvalue weighted by atomic mass is 16.5. The van der Waals surface area contributed by atoms with Gasteiger partial charge in [-0.1, -0.05) is 68.3 Å². The van der Waals surface area contributed by atoms with Gasteiger partial charge in [0, 0.05) is 33.0 Å². The Hall–Kier alpha value is -2.82. The number of nitrogens with zero attached hydrogens (tertiary/aromatic N) is 2. The second-order valence-electron chi connectivity index (χ2n) is 10.6. The van der Waals surface area contributed by atoms with Crippen molar-refractivity contribution < 1.29 is 14.3 Å². The lowest BCUT2D eigenvalue weighted by Crippen LogP contribution is -2.68. The minimum Gasteiger partial charge on any atom is -0.475 e. The summed E-state index contributed by atoms with van der Waals surface area (Å²) in [5, 5.41) is 0. The van der Waals surface area contributed by atoms with Gasteiger partial charge in [-0.3, -0.25) is 9.59 Å². The maximum absolute atomic E-state index is 14.4. The van der Waals surface area contributed by atoms with Gasteiger partial charge < -0.3 is 14.5 Å². The summed E-state index contributed by atoms with van der Waals surface area (Å²) in [5.74, 6) is 0.752. The molecule has 0 saturated carbocycles. The van der Waals surface area contributed by atoms with Crippen molar-refractivity contribution >= 4 is 11.8 Å². The quantitative estimate of drug-likeness (QED) is 0.553. The Labute approximate surface area is 210 Å². The van der Waals surface area contributed by atoms with Crippen molar-refractivity contribution in [2.45, 2.75) is 83.3 Å². The van der Waals surface area contributed by atoms with Gasteiger partial charge in [0.2, 0.25) is 11.5 Å². The number of benzene rings is 2. The van der Waals surface area contributed by atoms with Crippen LogP contribution in [0.3, 0.4) is 0 Å². The Kier molecular flexibility index (Phi) is 7.53. The molecule has 188 valence electrons. The van der Waals surface area contributed by atoms with Crippen LogP contribution in [0, 0.1) is 6.92 Å². The van der Waals surface area contributed by atoms with E-state index in [1.54, 1.807) is 6.92 Å².